The quantitative estimate of drug-likeness (QED) is 0.824. The van der Waals surface area contributed by atoms with Crippen molar-refractivity contribution in [2.75, 3.05) is 13.1 Å². The predicted octanol–water partition coefficient (Wildman–Crippen LogP) is 1.16. The summed E-state index contributed by atoms with van der Waals surface area (Å²) >= 11 is 0. The van der Waals surface area contributed by atoms with E-state index in [4.69, 9.17) is 0 Å². The van der Waals surface area contributed by atoms with Gasteiger partial charge in [0.25, 0.3) is 5.56 Å². The third-order valence-corrected chi connectivity index (χ3v) is 5.06. The Morgan fingerprint density at radius 2 is 1.96 bits per heavy atom. The molecule has 0 radical (unpaired) electrons. The lowest BCUT2D eigenvalue weighted by Gasteiger charge is -2.31. The molecule has 1 saturated heterocycles. The van der Waals surface area contributed by atoms with Crippen molar-refractivity contribution in [3.8, 4) is 0 Å². The van der Waals surface area contributed by atoms with Crippen LogP contribution in [-0.4, -0.2) is 42.8 Å². The van der Waals surface area contributed by atoms with Crippen LogP contribution in [0, 0.1) is 5.92 Å². The summed E-state index contributed by atoms with van der Waals surface area (Å²) in [5.74, 6) is 1.12. The molecule has 2 aromatic rings. The Bertz CT molecular complexity index is 754. The fraction of sp³-hybridized carbons (Fsp3) is 0.647. The summed E-state index contributed by atoms with van der Waals surface area (Å²) in [6.45, 7) is 3.69. The Kier molecular flexibility index (Phi) is 4.18. The van der Waals surface area contributed by atoms with Crippen LogP contribution in [0.4, 0.5) is 0 Å². The average molecular weight is 328 g/mol. The highest BCUT2D eigenvalue weighted by atomic mass is 16.1. The topological polar surface area (TPSA) is 68.8 Å². The normalized spacial score (nSPS) is 19.7. The molecule has 24 heavy (non-hydrogen) atoms. The Morgan fingerprint density at radius 3 is 2.62 bits per heavy atom. The highest BCUT2D eigenvalue weighted by molar-refractivity contribution is 5.12. The lowest BCUT2D eigenvalue weighted by atomic mass is 9.97. The first-order valence-electron chi connectivity index (χ1n) is 8.83. The van der Waals surface area contributed by atoms with Crippen molar-refractivity contribution in [2.45, 2.75) is 44.7 Å². The maximum Gasteiger partial charge on any atom is 0.266 e. The van der Waals surface area contributed by atoms with E-state index >= 15 is 0 Å². The number of aromatic nitrogens is 5. The van der Waals surface area contributed by atoms with Gasteiger partial charge in [-0.15, -0.1) is 5.10 Å². The molecular formula is C17H24N6O. The number of likely N-dealkylation sites (tertiary alicyclic amines) is 1. The van der Waals surface area contributed by atoms with Crippen molar-refractivity contribution in [3.63, 3.8) is 0 Å². The zero-order valence-electron chi connectivity index (χ0n) is 14.1. The highest BCUT2D eigenvalue weighted by Gasteiger charge is 2.26. The van der Waals surface area contributed by atoms with Gasteiger partial charge in [-0.25, -0.2) is 4.68 Å². The van der Waals surface area contributed by atoms with E-state index < -0.39 is 0 Å². The molecule has 0 amide bonds. The van der Waals surface area contributed by atoms with E-state index in [2.05, 4.69) is 20.3 Å². The van der Waals surface area contributed by atoms with Gasteiger partial charge in [0.1, 0.15) is 0 Å². The van der Waals surface area contributed by atoms with Gasteiger partial charge < -0.3 is 0 Å². The SMILES string of the molecule is Cn1cc(CN2CCC(Cn3nc(C4CC4)ccc3=O)CC2)nn1. The van der Waals surface area contributed by atoms with Crippen LogP contribution >= 0.6 is 0 Å². The Balaban J connectivity index is 1.33. The fourth-order valence-electron chi connectivity index (χ4n) is 3.46. The van der Waals surface area contributed by atoms with Crippen molar-refractivity contribution >= 4 is 0 Å². The zero-order valence-corrected chi connectivity index (χ0v) is 14.1. The predicted molar refractivity (Wildman–Crippen MR) is 89.5 cm³/mol. The van der Waals surface area contributed by atoms with Crippen LogP contribution < -0.4 is 5.56 Å². The van der Waals surface area contributed by atoms with Crippen molar-refractivity contribution < 1.29 is 0 Å². The number of nitrogens with zero attached hydrogens (tertiary/aromatic N) is 6. The van der Waals surface area contributed by atoms with Gasteiger partial charge in [-0.2, -0.15) is 5.10 Å². The van der Waals surface area contributed by atoms with Gasteiger partial charge in [-0.1, -0.05) is 5.21 Å². The summed E-state index contributed by atoms with van der Waals surface area (Å²) in [6.07, 6.45) is 6.60. The third kappa shape index (κ3) is 3.56. The molecule has 0 bridgehead atoms. The van der Waals surface area contributed by atoms with E-state index in [0.29, 0.717) is 11.8 Å². The van der Waals surface area contributed by atoms with Crippen molar-refractivity contribution in [1.82, 2.24) is 29.7 Å². The molecule has 2 aliphatic rings. The van der Waals surface area contributed by atoms with E-state index in [1.54, 1.807) is 15.4 Å². The summed E-state index contributed by atoms with van der Waals surface area (Å²) in [6, 6.07) is 3.59. The molecule has 0 spiro atoms. The van der Waals surface area contributed by atoms with Crippen LogP contribution in [0.3, 0.4) is 0 Å². The van der Waals surface area contributed by atoms with Gasteiger partial charge in [0.15, 0.2) is 0 Å². The van der Waals surface area contributed by atoms with Crippen LogP contribution in [0.2, 0.25) is 0 Å². The number of rotatable bonds is 5. The Labute approximate surface area is 141 Å². The van der Waals surface area contributed by atoms with E-state index in [9.17, 15) is 4.79 Å². The summed E-state index contributed by atoms with van der Waals surface area (Å²) < 4.78 is 3.43. The maximum atomic E-state index is 12.1. The standard InChI is InChI=1S/C17H24N6O/c1-21-11-15(18-20-21)12-22-8-6-13(7-9-22)10-23-17(24)5-4-16(19-23)14-2-3-14/h4-5,11,13-14H,2-3,6-10,12H2,1H3. The van der Waals surface area contributed by atoms with Gasteiger partial charge in [-0.05, 0) is 50.8 Å². The number of piperidine rings is 1. The lowest BCUT2D eigenvalue weighted by molar-refractivity contribution is 0.162. The monoisotopic (exact) mass is 328 g/mol. The molecule has 0 aromatic carbocycles. The average Bonchev–Trinajstić information content (AvgIpc) is 3.35. The first kappa shape index (κ1) is 15.5. The number of hydrogen-bond donors (Lipinski definition) is 0. The molecular weight excluding hydrogens is 304 g/mol. The van der Waals surface area contributed by atoms with Crippen LogP contribution in [0.25, 0.3) is 0 Å². The lowest BCUT2D eigenvalue weighted by Crippen LogP contribution is -2.36. The number of aryl methyl sites for hydroxylation is 1. The largest absolute Gasteiger partial charge is 0.297 e. The van der Waals surface area contributed by atoms with Crippen molar-refractivity contribution in [1.29, 1.82) is 0 Å². The highest BCUT2D eigenvalue weighted by Crippen LogP contribution is 2.38. The Morgan fingerprint density at radius 1 is 1.17 bits per heavy atom. The molecule has 3 heterocycles. The maximum absolute atomic E-state index is 12.1. The minimum atomic E-state index is 0.0291. The minimum Gasteiger partial charge on any atom is -0.297 e. The molecule has 1 aliphatic heterocycles. The van der Waals surface area contributed by atoms with Crippen molar-refractivity contribution in [3.05, 3.63) is 40.1 Å². The van der Waals surface area contributed by atoms with Gasteiger partial charge in [-0.3, -0.25) is 14.4 Å². The first-order valence-corrected chi connectivity index (χ1v) is 8.83. The molecule has 1 saturated carbocycles. The molecule has 1 aliphatic carbocycles. The third-order valence-electron chi connectivity index (χ3n) is 5.06. The molecule has 0 unspecified atom stereocenters. The van der Waals surface area contributed by atoms with Crippen LogP contribution in [-0.2, 0) is 20.1 Å². The molecule has 7 nitrogen and oxygen atoms in total. The van der Waals surface area contributed by atoms with E-state index in [1.807, 2.05) is 19.3 Å². The summed E-state index contributed by atoms with van der Waals surface area (Å²) in [4.78, 5) is 14.5. The second-order valence-electron chi connectivity index (χ2n) is 7.16. The van der Waals surface area contributed by atoms with Gasteiger partial charge in [0.05, 0.1) is 11.4 Å². The van der Waals surface area contributed by atoms with Gasteiger partial charge in [0.2, 0.25) is 0 Å². The first-order chi connectivity index (χ1) is 11.7. The van der Waals surface area contributed by atoms with Crippen molar-refractivity contribution in [2.24, 2.45) is 13.0 Å². The molecule has 2 fully saturated rings. The summed E-state index contributed by atoms with van der Waals surface area (Å²) in [5, 5.41) is 12.7. The van der Waals surface area contributed by atoms with Crippen LogP contribution in [0.15, 0.2) is 23.1 Å². The second kappa shape index (κ2) is 6.47. The Hall–Kier alpha value is -2.02. The molecule has 7 heteroatoms. The van der Waals surface area contributed by atoms with E-state index in [0.717, 1.165) is 50.4 Å². The van der Waals surface area contributed by atoms with Crippen LogP contribution in [0.5, 0.6) is 0 Å². The molecule has 2 aromatic heterocycles. The molecule has 4 rings (SSSR count). The molecule has 128 valence electrons. The molecule has 0 N–H and O–H groups in total. The fourth-order valence-corrected chi connectivity index (χ4v) is 3.46. The molecule has 0 atom stereocenters. The van der Waals surface area contributed by atoms with E-state index in [1.165, 1.54) is 12.8 Å². The number of hydrogen-bond acceptors (Lipinski definition) is 5. The van der Waals surface area contributed by atoms with E-state index in [-0.39, 0.29) is 5.56 Å². The van der Waals surface area contributed by atoms with Gasteiger partial charge in [0, 0.05) is 38.3 Å². The zero-order chi connectivity index (χ0) is 16.5. The summed E-state index contributed by atoms with van der Waals surface area (Å²) in [7, 11) is 1.89. The summed E-state index contributed by atoms with van der Waals surface area (Å²) in [5.41, 5.74) is 2.14. The minimum absolute atomic E-state index is 0.0291. The van der Waals surface area contributed by atoms with Crippen LogP contribution in [0.1, 0.15) is 43.0 Å². The smallest absolute Gasteiger partial charge is 0.266 e. The van der Waals surface area contributed by atoms with Gasteiger partial charge >= 0.3 is 0 Å². The second-order valence-corrected chi connectivity index (χ2v) is 7.16.